The Hall–Kier alpha value is -3.17. The van der Waals surface area contributed by atoms with Crippen LogP contribution >= 0.6 is 0 Å². The van der Waals surface area contributed by atoms with Gasteiger partial charge < -0.3 is 0 Å². The summed E-state index contributed by atoms with van der Waals surface area (Å²) in [4.78, 5) is 8.37. The third kappa shape index (κ3) is 1.62. The highest BCUT2D eigenvalue weighted by atomic mass is 15.1. The molecule has 94 valence electrons. The van der Waals surface area contributed by atoms with E-state index >= 15 is 0 Å². The van der Waals surface area contributed by atoms with E-state index in [4.69, 9.17) is 10.5 Å². The van der Waals surface area contributed by atoms with E-state index < -0.39 is 0 Å². The number of nitriles is 3. The topological polar surface area (TPSA) is 102 Å². The maximum absolute atomic E-state index is 9.27. The minimum Gasteiger partial charge on any atom is -0.272 e. The van der Waals surface area contributed by atoms with Gasteiger partial charge in [0.15, 0.2) is 17.2 Å². The average molecular weight is 260 g/mol. The summed E-state index contributed by atoms with van der Waals surface area (Å²) in [7, 11) is 0. The van der Waals surface area contributed by atoms with E-state index in [1.807, 2.05) is 18.2 Å². The summed E-state index contributed by atoms with van der Waals surface area (Å²) in [5, 5.41) is 27.4. The van der Waals surface area contributed by atoms with E-state index in [-0.39, 0.29) is 11.4 Å². The molecule has 1 aliphatic carbocycles. The lowest BCUT2D eigenvalue weighted by atomic mass is 10.1. The van der Waals surface area contributed by atoms with Crippen LogP contribution in [0.4, 0.5) is 0 Å². The molecule has 0 bridgehead atoms. The summed E-state index contributed by atoms with van der Waals surface area (Å²) < 4.78 is 1.41. The van der Waals surface area contributed by atoms with Crippen molar-refractivity contribution in [2.24, 2.45) is 0 Å². The summed E-state index contributed by atoms with van der Waals surface area (Å²) in [6.07, 6.45) is 4.18. The standard InChI is InChI=1S/C14H8N6/c15-5-10-4-9-2-1-3-11(9)19-14(10)20-8-18-12(6-16)13(20)7-17/h4,8H,1-3H2. The number of aromatic nitrogens is 3. The van der Waals surface area contributed by atoms with Crippen molar-refractivity contribution in [2.45, 2.75) is 19.3 Å². The van der Waals surface area contributed by atoms with Gasteiger partial charge in [-0.1, -0.05) is 0 Å². The first-order valence-corrected chi connectivity index (χ1v) is 6.09. The van der Waals surface area contributed by atoms with Gasteiger partial charge in [0, 0.05) is 5.69 Å². The molecule has 2 aromatic heterocycles. The van der Waals surface area contributed by atoms with Crippen LogP contribution in [-0.4, -0.2) is 14.5 Å². The normalized spacial score (nSPS) is 12.2. The number of nitrogens with zero attached hydrogens (tertiary/aromatic N) is 6. The second-order valence-corrected chi connectivity index (χ2v) is 4.47. The lowest BCUT2D eigenvalue weighted by Crippen LogP contribution is -2.05. The van der Waals surface area contributed by atoms with Gasteiger partial charge in [-0.2, -0.15) is 15.8 Å². The molecule has 3 rings (SSSR count). The van der Waals surface area contributed by atoms with Crippen molar-refractivity contribution in [3.8, 4) is 24.0 Å². The van der Waals surface area contributed by atoms with Crippen LogP contribution in [0.3, 0.4) is 0 Å². The second kappa shape index (κ2) is 4.50. The monoisotopic (exact) mass is 260 g/mol. The third-order valence-corrected chi connectivity index (χ3v) is 3.36. The van der Waals surface area contributed by atoms with Gasteiger partial charge in [-0.05, 0) is 30.9 Å². The van der Waals surface area contributed by atoms with Crippen molar-refractivity contribution in [3.05, 3.63) is 40.6 Å². The number of imidazole rings is 1. The summed E-state index contributed by atoms with van der Waals surface area (Å²) in [5.74, 6) is 0.374. The molecule has 0 saturated heterocycles. The Bertz CT molecular complexity index is 825. The minimum atomic E-state index is 0.0405. The molecule has 2 heterocycles. The Morgan fingerprint density at radius 3 is 2.65 bits per heavy atom. The molecule has 6 nitrogen and oxygen atoms in total. The second-order valence-electron chi connectivity index (χ2n) is 4.47. The van der Waals surface area contributed by atoms with Crippen LogP contribution in [0, 0.1) is 34.0 Å². The third-order valence-electron chi connectivity index (χ3n) is 3.36. The molecular weight excluding hydrogens is 252 g/mol. The van der Waals surface area contributed by atoms with E-state index in [2.05, 4.69) is 16.0 Å². The van der Waals surface area contributed by atoms with Crippen molar-refractivity contribution < 1.29 is 0 Å². The first kappa shape index (κ1) is 11.9. The molecule has 0 aliphatic heterocycles. The molecule has 2 aromatic rings. The Labute approximate surface area is 115 Å². The predicted molar refractivity (Wildman–Crippen MR) is 67.5 cm³/mol. The van der Waals surface area contributed by atoms with Crippen LogP contribution in [0.2, 0.25) is 0 Å². The molecule has 1 aliphatic rings. The summed E-state index contributed by atoms with van der Waals surface area (Å²) in [6.45, 7) is 0. The smallest absolute Gasteiger partial charge is 0.177 e. The summed E-state index contributed by atoms with van der Waals surface area (Å²) in [5.41, 5.74) is 2.58. The van der Waals surface area contributed by atoms with Gasteiger partial charge in [0.1, 0.15) is 24.5 Å². The molecule has 0 amide bonds. The van der Waals surface area contributed by atoms with Crippen LogP contribution in [0.15, 0.2) is 12.4 Å². The highest BCUT2D eigenvalue weighted by Gasteiger charge is 2.20. The predicted octanol–water partition coefficient (Wildman–Crippen LogP) is 1.37. The molecule has 0 atom stereocenters. The van der Waals surface area contributed by atoms with Gasteiger partial charge in [-0.3, -0.25) is 4.57 Å². The first-order chi connectivity index (χ1) is 9.78. The highest BCUT2D eigenvalue weighted by Crippen LogP contribution is 2.25. The maximum atomic E-state index is 9.27. The van der Waals surface area contributed by atoms with Gasteiger partial charge in [0.2, 0.25) is 0 Å². The Morgan fingerprint density at radius 2 is 1.95 bits per heavy atom. The van der Waals surface area contributed by atoms with E-state index in [0.717, 1.165) is 30.5 Å². The van der Waals surface area contributed by atoms with Crippen LogP contribution < -0.4 is 0 Å². The van der Waals surface area contributed by atoms with Crippen LogP contribution in [0.25, 0.3) is 5.82 Å². The number of fused-ring (bicyclic) bond motifs is 1. The first-order valence-electron chi connectivity index (χ1n) is 6.09. The van der Waals surface area contributed by atoms with Crippen LogP contribution in [0.5, 0.6) is 0 Å². The highest BCUT2D eigenvalue weighted by molar-refractivity contribution is 5.51. The Kier molecular flexibility index (Phi) is 2.67. The number of pyridine rings is 1. The average Bonchev–Trinajstić information content (AvgIpc) is 3.10. The van der Waals surface area contributed by atoms with Crippen molar-refractivity contribution in [1.82, 2.24) is 14.5 Å². The molecule has 0 fully saturated rings. The molecule has 0 saturated carbocycles. The molecule has 0 N–H and O–H groups in total. The zero-order valence-corrected chi connectivity index (χ0v) is 10.5. The number of aryl methyl sites for hydroxylation is 2. The van der Waals surface area contributed by atoms with Gasteiger partial charge in [0.05, 0.1) is 5.56 Å². The van der Waals surface area contributed by atoms with E-state index in [9.17, 15) is 5.26 Å². The van der Waals surface area contributed by atoms with Crippen LogP contribution in [-0.2, 0) is 12.8 Å². The van der Waals surface area contributed by atoms with Crippen molar-refractivity contribution in [1.29, 1.82) is 15.8 Å². The fraction of sp³-hybridized carbons (Fsp3) is 0.214. The molecular formula is C14H8N6. The van der Waals surface area contributed by atoms with Gasteiger partial charge >= 0.3 is 0 Å². The van der Waals surface area contributed by atoms with Crippen molar-refractivity contribution in [2.75, 3.05) is 0 Å². The zero-order chi connectivity index (χ0) is 14.1. The largest absolute Gasteiger partial charge is 0.272 e. The van der Waals surface area contributed by atoms with E-state index in [1.54, 1.807) is 0 Å². The van der Waals surface area contributed by atoms with Crippen molar-refractivity contribution >= 4 is 0 Å². The molecule has 6 heteroatoms. The maximum Gasteiger partial charge on any atom is 0.177 e. The fourth-order valence-electron chi connectivity index (χ4n) is 2.42. The summed E-state index contributed by atoms with van der Waals surface area (Å²) >= 11 is 0. The summed E-state index contributed by atoms with van der Waals surface area (Å²) in [6, 6.07) is 7.72. The zero-order valence-electron chi connectivity index (χ0n) is 10.5. The number of rotatable bonds is 1. The van der Waals surface area contributed by atoms with Crippen molar-refractivity contribution in [3.63, 3.8) is 0 Å². The molecule has 0 radical (unpaired) electrons. The quantitative estimate of drug-likeness (QED) is 0.770. The van der Waals surface area contributed by atoms with E-state index in [1.165, 1.54) is 10.9 Å². The Morgan fingerprint density at radius 1 is 1.10 bits per heavy atom. The van der Waals surface area contributed by atoms with Gasteiger partial charge in [0.25, 0.3) is 0 Å². The van der Waals surface area contributed by atoms with Gasteiger partial charge in [-0.25, -0.2) is 9.97 Å². The van der Waals surface area contributed by atoms with Crippen LogP contribution in [0.1, 0.15) is 34.6 Å². The Balaban J connectivity index is 2.26. The molecule has 0 aromatic carbocycles. The molecule has 20 heavy (non-hydrogen) atoms. The molecule has 0 unspecified atom stereocenters. The van der Waals surface area contributed by atoms with E-state index in [0.29, 0.717) is 11.4 Å². The lowest BCUT2D eigenvalue weighted by Gasteiger charge is -2.08. The number of hydrogen-bond donors (Lipinski definition) is 0. The number of hydrogen-bond acceptors (Lipinski definition) is 5. The lowest BCUT2D eigenvalue weighted by molar-refractivity contribution is 0.888. The van der Waals surface area contributed by atoms with Gasteiger partial charge in [-0.15, -0.1) is 0 Å². The fourth-order valence-corrected chi connectivity index (χ4v) is 2.42. The molecule has 0 spiro atoms. The SMILES string of the molecule is N#Cc1cc2c(nc1-n1cnc(C#N)c1C#N)CCC2. The minimum absolute atomic E-state index is 0.0405.